The molecule has 0 aliphatic rings. The second kappa shape index (κ2) is 9.37. The quantitative estimate of drug-likeness (QED) is 0.578. The summed E-state index contributed by atoms with van der Waals surface area (Å²) in [6, 6.07) is 11.9. The third kappa shape index (κ3) is 4.34. The van der Waals surface area contributed by atoms with Gasteiger partial charge in [0, 0.05) is 50.6 Å². The van der Waals surface area contributed by atoms with Crippen molar-refractivity contribution in [1.82, 2.24) is 14.7 Å². The number of amides is 1. The smallest absolute Gasteiger partial charge is 0.221 e. The molecule has 3 aromatic rings. The molecule has 0 saturated heterocycles. The normalized spacial score (nSPS) is 12.1. The van der Waals surface area contributed by atoms with E-state index in [0.717, 1.165) is 34.6 Å². The van der Waals surface area contributed by atoms with E-state index in [9.17, 15) is 4.79 Å². The van der Waals surface area contributed by atoms with E-state index in [2.05, 4.69) is 14.7 Å². The number of aromatic nitrogens is 2. The Kier molecular flexibility index (Phi) is 6.66. The molecule has 1 aromatic carbocycles. The van der Waals surface area contributed by atoms with Crippen LogP contribution in [0.15, 0.2) is 48.8 Å². The molecule has 0 saturated carbocycles. The Labute approximate surface area is 165 Å². The molecule has 0 bridgehead atoms. The second-order valence-electron chi connectivity index (χ2n) is 6.76. The first-order chi connectivity index (χ1) is 13.7. The lowest BCUT2D eigenvalue weighted by Gasteiger charge is -2.20. The summed E-state index contributed by atoms with van der Waals surface area (Å²) in [5, 5.41) is 2.99. The minimum Gasteiger partial charge on any atom is -0.496 e. The topological polar surface area (TPSA) is 64.9 Å². The van der Waals surface area contributed by atoms with Crippen molar-refractivity contribution in [3.8, 4) is 5.75 Å². The average Bonchev–Trinajstić information content (AvgIpc) is 3.15. The van der Waals surface area contributed by atoms with Gasteiger partial charge in [-0.15, -0.1) is 0 Å². The fraction of sp³-hybridized carbons (Fsp3) is 0.364. The molecular formula is C22H27N3O3. The first-order valence-corrected chi connectivity index (χ1v) is 9.46. The number of aryl methyl sites for hydroxylation is 1. The average molecular weight is 381 g/mol. The highest BCUT2D eigenvalue weighted by Gasteiger charge is 2.24. The van der Waals surface area contributed by atoms with Gasteiger partial charge < -0.3 is 19.2 Å². The van der Waals surface area contributed by atoms with Crippen LogP contribution in [0.5, 0.6) is 5.75 Å². The SMILES string of the molecule is COCCCNC(=O)CC(c1ccccc1OC)c1cnc2c(C)cccn12. The van der Waals surface area contributed by atoms with Gasteiger partial charge in [0.1, 0.15) is 11.4 Å². The fourth-order valence-corrected chi connectivity index (χ4v) is 3.46. The minimum absolute atomic E-state index is 0.00499. The molecule has 2 heterocycles. The summed E-state index contributed by atoms with van der Waals surface area (Å²) in [6.45, 7) is 3.26. The van der Waals surface area contributed by atoms with Gasteiger partial charge >= 0.3 is 0 Å². The van der Waals surface area contributed by atoms with Gasteiger partial charge in [-0.25, -0.2) is 4.98 Å². The van der Waals surface area contributed by atoms with Crippen LogP contribution >= 0.6 is 0 Å². The van der Waals surface area contributed by atoms with Crippen molar-refractivity contribution in [3.63, 3.8) is 0 Å². The highest BCUT2D eigenvalue weighted by molar-refractivity contribution is 5.77. The predicted molar refractivity (Wildman–Crippen MR) is 109 cm³/mol. The van der Waals surface area contributed by atoms with Gasteiger partial charge in [-0.05, 0) is 31.0 Å². The molecule has 1 N–H and O–H groups in total. The molecular weight excluding hydrogens is 354 g/mol. The van der Waals surface area contributed by atoms with Crippen molar-refractivity contribution in [3.05, 3.63) is 65.6 Å². The monoisotopic (exact) mass is 381 g/mol. The molecule has 0 spiro atoms. The van der Waals surface area contributed by atoms with Crippen LogP contribution < -0.4 is 10.1 Å². The van der Waals surface area contributed by atoms with E-state index >= 15 is 0 Å². The van der Waals surface area contributed by atoms with E-state index in [1.807, 2.05) is 55.7 Å². The minimum atomic E-state index is -0.171. The number of para-hydroxylation sites is 1. The maximum atomic E-state index is 12.7. The summed E-state index contributed by atoms with van der Waals surface area (Å²) in [5.74, 6) is 0.590. The zero-order valence-electron chi connectivity index (χ0n) is 16.6. The van der Waals surface area contributed by atoms with Gasteiger partial charge in [0.15, 0.2) is 0 Å². The van der Waals surface area contributed by atoms with Crippen LogP contribution in [0.25, 0.3) is 5.65 Å². The molecule has 0 aliphatic carbocycles. The third-order valence-corrected chi connectivity index (χ3v) is 4.87. The Balaban J connectivity index is 1.95. The first-order valence-electron chi connectivity index (χ1n) is 9.46. The van der Waals surface area contributed by atoms with Crippen molar-refractivity contribution in [2.45, 2.75) is 25.7 Å². The number of hydrogen-bond donors (Lipinski definition) is 1. The van der Waals surface area contributed by atoms with Crippen molar-refractivity contribution in [1.29, 1.82) is 0 Å². The Morgan fingerprint density at radius 2 is 2.04 bits per heavy atom. The van der Waals surface area contributed by atoms with Crippen molar-refractivity contribution < 1.29 is 14.3 Å². The van der Waals surface area contributed by atoms with Gasteiger partial charge in [0.05, 0.1) is 12.8 Å². The van der Waals surface area contributed by atoms with Gasteiger partial charge in [-0.1, -0.05) is 24.3 Å². The highest BCUT2D eigenvalue weighted by atomic mass is 16.5. The number of nitrogens with zero attached hydrogens (tertiary/aromatic N) is 2. The lowest BCUT2D eigenvalue weighted by atomic mass is 9.91. The molecule has 1 atom stereocenters. The first kappa shape index (κ1) is 19.9. The van der Waals surface area contributed by atoms with Crippen molar-refractivity contribution >= 4 is 11.6 Å². The summed E-state index contributed by atoms with van der Waals surface area (Å²) < 4.78 is 12.7. The molecule has 148 valence electrons. The number of ether oxygens (including phenoxy) is 2. The van der Waals surface area contributed by atoms with Gasteiger partial charge in [0.2, 0.25) is 5.91 Å². The number of nitrogens with one attached hydrogen (secondary N) is 1. The molecule has 6 nitrogen and oxygen atoms in total. The van der Waals surface area contributed by atoms with Crippen LogP contribution in [0.2, 0.25) is 0 Å². The molecule has 6 heteroatoms. The van der Waals surface area contributed by atoms with Crippen LogP contribution in [-0.4, -0.2) is 42.7 Å². The number of hydrogen-bond acceptors (Lipinski definition) is 4. The number of benzene rings is 1. The zero-order valence-corrected chi connectivity index (χ0v) is 16.6. The van der Waals surface area contributed by atoms with Gasteiger partial charge in [-0.2, -0.15) is 0 Å². The standard InChI is InChI=1S/C22H27N3O3/c1-16-8-6-12-25-19(15-24-22(16)25)18(14-21(26)23-11-7-13-27-2)17-9-4-5-10-20(17)28-3/h4-6,8-10,12,15,18H,7,11,13-14H2,1-3H3,(H,23,26). The highest BCUT2D eigenvalue weighted by Crippen LogP contribution is 2.34. The summed E-state index contributed by atoms with van der Waals surface area (Å²) in [5.41, 5.74) is 3.94. The Morgan fingerprint density at radius 3 is 2.82 bits per heavy atom. The van der Waals surface area contributed by atoms with Crippen molar-refractivity contribution in [2.24, 2.45) is 0 Å². The number of carbonyl (C=O) groups is 1. The molecule has 1 unspecified atom stereocenters. The van der Waals surface area contributed by atoms with Crippen LogP contribution in [-0.2, 0) is 9.53 Å². The molecule has 3 rings (SSSR count). The largest absolute Gasteiger partial charge is 0.496 e. The summed E-state index contributed by atoms with van der Waals surface area (Å²) >= 11 is 0. The second-order valence-corrected chi connectivity index (χ2v) is 6.76. The molecule has 0 fully saturated rings. The van der Waals surface area contributed by atoms with E-state index in [-0.39, 0.29) is 11.8 Å². The van der Waals surface area contributed by atoms with Crippen LogP contribution in [0.1, 0.15) is 35.6 Å². The van der Waals surface area contributed by atoms with E-state index in [4.69, 9.17) is 9.47 Å². The molecule has 28 heavy (non-hydrogen) atoms. The zero-order chi connectivity index (χ0) is 19.9. The fourth-order valence-electron chi connectivity index (χ4n) is 3.46. The molecule has 1 amide bonds. The van der Waals surface area contributed by atoms with E-state index in [1.165, 1.54) is 0 Å². The number of fused-ring (bicyclic) bond motifs is 1. The predicted octanol–water partition coefficient (Wildman–Crippen LogP) is 3.33. The number of rotatable bonds is 9. The van der Waals surface area contributed by atoms with Crippen molar-refractivity contribution in [2.75, 3.05) is 27.4 Å². The summed E-state index contributed by atoms with van der Waals surface area (Å²) in [6.07, 6.45) is 4.95. The maximum Gasteiger partial charge on any atom is 0.221 e. The molecule has 0 aliphatic heterocycles. The Morgan fingerprint density at radius 1 is 1.21 bits per heavy atom. The molecule has 0 radical (unpaired) electrons. The lowest BCUT2D eigenvalue weighted by molar-refractivity contribution is -0.121. The maximum absolute atomic E-state index is 12.7. The van der Waals surface area contributed by atoms with Crippen LogP contribution in [0, 0.1) is 6.92 Å². The summed E-state index contributed by atoms with van der Waals surface area (Å²) in [4.78, 5) is 17.3. The summed E-state index contributed by atoms with van der Waals surface area (Å²) in [7, 11) is 3.31. The Hall–Kier alpha value is -2.86. The van der Waals surface area contributed by atoms with Crippen LogP contribution in [0.3, 0.4) is 0 Å². The number of carbonyl (C=O) groups excluding carboxylic acids is 1. The lowest BCUT2D eigenvalue weighted by Crippen LogP contribution is -2.27. The van der Waals surface area contributed by atoms with E-state index < -0.39 is 0 Å². The molecule has 2 aromatic heterocycles. The van der Waals surface area contributed by atoms with Crippen LogP contribution in [0.4, 0.5) is 0 Å². The number of pyridine rings is 1. The number of imidazole rings is 1. The van der Waals surface area contributed by atoms with Gasteiger partial charge in [0.25, 0.3) is 0 Å². The van der Waals surface area contributed by atoms with E-state index in [1.54, 1.807) is 14.2 Å². The third-order valence-electron chi connectivity index (χ3n) is 4.87. The Bertz CT molecular complexity index is 936. The van der Waals surface area contributed by atoms with E-state index in [0.29, 0.717) is 19.6 Å². The number of methoxy groups -OCH3 is 2. The van der Waals surface area contributed by atoms with Gasteiger partial charge in [-0.3, -0.25) is 4.79 Å².